The number of likely N-dealkylation sites (tertiary alicyclic amines) is 1. The fourth-order valence-electron chi connectivity index (χ4n) is 5.55. The number of carboxylic acids is 1. The van der Waals surface area contributed by atoms with Crippen LogP contribution in [-0.4, -0.2) is 51.7 Å². The summed E-state index contributed by atoms with van der Waals surface area (Å²) in [5.41, 5.74) is 6.84. The molecule has 0 radical (unpaired) electrons. The van der Waals surface area contributed by atoms with Gasteiger partial charge in [0.25, 0.3) is 0 Å². The van der Waals surface area contributed by atoms with Crippen LogP contribution >= 0.6 is 0 Å². The molecular formula is C28H37N3O3. The lowest BCUT2D eigenvalue weighted by atomic mass is 9.95. The zero-order valence-corrected chi connectivity index (χ0v) is 20.3. The molecule has 6 nitrogen and oxygen atoms in total. The molecule has 3 aliphatic rings. The predicted molar refractivity (Wildman–Crippen MR) is 131 cm³/mol. The molecule has 34 heavy (non-hydrogen) atoms. The van der Waals surface area contributed by atoms with Crippen molar-refractivity contribution in [3.8, 4) is 0 Å². The van der Waals surface area contributed by atoms with Gasteiger partial charge in [0.1, 0.15) is 6.04 Å². The molecule has 2 atom stereocenters. The van der Waals surface area contributed by atoms with Gasteiger partial charge in [-0.25, -0.2) is 0 Å². The fourth-order valence-corrected chi connectivity index (χ4v) is 5.55. The molecule has 3 heterocycles. The van der Waals surface area contributed by atoms with Crippen molar-refractivity contribution in [3.05, 3.63) is 58.2 Å². The van der Waals surface area contributed by atoms with Crippen LogP contribution < -0.4 is 0 Å². The summed E-state index contributed by atoms with van der Waals surface area (Å²) in [7, 11) is 0. The number of carbonyl (C=O) groups is 1. The molecule has 1 unspecified atom stereocenters. The minimum atomic E-state index is -0.785. The van der Waals surface area contributed by atoms with Crippen molar-refractivity contribution in [2.45, 2.75) is 89.2 Å². The number of unbranched alkanes of at least 4 members (excludes halogenated alkanes) is 1. The second-order valence-corrected chi connectivity index (χ2v) is 10.4. The van der Waals surface area contributed by atoms with Gasteiger partial charge in [0.05, 0.1) is 6.10 Å². The van der Waals surface area contributed by atoms with Crippen LogP contribution in [0.15, 0.2) is 24.4 Å². The molecule has 182 valence electrons. The topological polar surface area (TPSA) is 75.5 Å². The Hall–Kier alpha value is -2.31. The van der Waals surface area contributed by atoms with Crippen molar-refractivity contribution in [1.29, 1.82) is 0 Å². The van der Waals surface area contributed by atoms with Crippen LogP contribution in [0.1, 0.15) is 90.7 Å². The lowest BCUT2D eigenvalue weighted by Gasteiger charge is -2.26. The highest BCUT2D eigenvalue weighted by atomic mass is 16.5. The lowest BCUT2D eigenvalue weighted by Crippen LogP contribution is -2.34. The summed E-state index contributed by atoms with van der Waals surface area (Å²) in [5.74, 6) is -0.357. The first-order chi connectivity index (χ1) is 16.6. The van der Waals surface area contributed by atoms with E-state index in [1.807, 2.05) is 19.2 Å². The normalized spacial score (nSPS) is 21.4. The van der Waals surface area contributed by atoms with Crippen molar-refractivity contribution < 1.29 is 14.6 Å². The summed E-state index contributed by atoms with van der Waals surface area (Å²) >= 11 is 0. The number of rotatable bonds is 10. The highest BCUT2D eigenvalue weighted by Crippen LogP contribution is 2.43. The molecule has 2 aromatic rings. The number of ether oxygens (including phenoxy) is 1. The van der Waals surface area contributed by atoms with Crippen molar-refractivity contribution in [3.63, 3.8) is 0 Å². The molecule has 2 aliphatic carbocycles. The molecule has 1 saturated carbocycles. The summed E-state index contributed by atoms with van der Waals surface area (Å²) in [6, 6.07) is 5.87. The Bertz CT molecular complexity index is 1020. The van der Waals surface area contributed by atoms with Gasteiger partial charge < -0.3 is 9.84 Å². The van der Waals surface area contributed by atoms with Gasteiger partial charge in [-0.05, 0) is 88.3 Å². The van der Waals surface area contributed by atoms with E-state index in [9.17, 15) is 9.90 Å². The van der Waals surface area contributed by atoms with Crippen LogP contribution in [-0.2, 0) is 28.8 Å². The maximum atomic E-state index is 12.3. The van der Waals surface area contributed by atoms with Crippen LogP contribution in [0.2, 0.25) is 0 Å². The van der Waals surface area contributed by atoms with Gasteiger partial charge in [-0.3, -0.25) is 19.7 Å². The van der Waals surface area contributed by atoms with E-state index < -0.39 is 12.0 Å². The summed E-state index contributed by atoms with van der Waals surface area (Å²) in [6.07, 6.45) is 13.0. The number of nitrogens with zero attached hydrogens (tertiary/aromatic N) is 3. The van der Waals surface area contributed by atoms with Gasteiger partial charge >= 0.3 is 5.97 Å². The molecular weight excluding hydrogens is 426 g/mol. The maximum Gasteiger partial charge on any atom is 0.325 e. The number of fused-ring (bicyclic) bond motifs is 1. The molecule has 2 aromatic heterocycles. The SMILES string of the molecule is Cc1cnc(C2CC2)c(C(C(=O)O)N2CC[C@@H](OCCCCc3ccc4c(n3)CCCC4)C2)c1. The number of carboxylic acid groups (broad SMARTS) is 1. The monoisotopic (exact) mass is 463 g/mol. The Labute approximate surface area is 202 Å². The molecule has 0 amide bonds. The third-order valence-corrected chi connectivity index (χ3v) is 7.54. The second kappa shape index (κ2) is 10.5. The van der Waals surface area contributed by atoms with Crippen LogP contribution in [0.3, 0.4) is 0 Å². The van der Waals surface area contributed by atoms with E-state index in [0.717, 1.165) is 74.9 Å². The minimum absolute atomic E-state index is 0.103. The van der Waals surface area contributed by atoms with Crippen LogP contribution in [0.5, 0.6) is 0 Å². The first kappa shape index (κ1) is 23.4. The highest BCUT2D eigenvalue weighted by Gasteiger charge is 2.38. The molecule has 5 rings (SSSR count). The third-order valence-electron chi connectivity index (χ3n) is 7.54. The number of aliphatic carboxylic acids is 1. The molecule has 1 aliphatic heterocycles. The standard InChI is InChI=1S/C28H37N3O3/c1-19-16-24(26(29-17-19)21-9-10-21)27(28(32)33)31-14-13-23(18-31)34-15-5-4-7-22-12-11-20-6-2-3-8-25(20)30-22/h11-12,16-17,21,23,27H,2-10,13-15,18H2,1H3,(H,32,33)/t23-,27?/m1/s1. The van der Waals surface area contributed by atoms with Crippen LogP contribution in [0.25, 0.3) is 0 Å². The van der Waals surface area contributed by atoms with Crippen LogP contribution in [0, 0.1) is 6.92 Å². The Morgan fingerprint density at radius 1 is 1.21 bits per heavy atom. The van der Waals surface area contributed by atoms with E-state index in [4.69, 9.17) is 9.72 Å². The van der Waals surface area contributed by atoms with Crippen molar-refractivity contribution in [2.75, 3.05) is 19.7 Å². The molecule has 6 heteroatoms. The maximum absolute atomic E-state index is 12.3. The Balaban J connectivity index is 1.10. The predicted octanol–water partition coefficient (Wildman–Crippen LogP) is 4.78. The Morgan fingerprint density at radius 2 is 2.06 bits per heavy atom. The van der Waals surface area contributed by atoms with E-state index in [1.165, 1.54) is 36.2 Å². The number of hydrogen-bond acceptors (Lipinski definition) is 5. The second-order valence-electron chi connectivity index (χ2n) is 10.4. The van der Waals surface area contributed by atoms with Gasteiger partial charge in [0.15, 0.2) is 0 Å². The van der Waals surface area contributed by atoms with E-state index in [0.29, 0.717) is 12.5 Å². The number of hydrogen-bond donors (Lipinski definition) is 1. The summed E-state index contributed by atoms with van der Waals surface area (Å²) < 4.78 is 6.17. The molecule has 0 bridgehead atoms. The molecule has 1 N–H and O–H groups in total. The third kappa shape index (κ3) is 5.49. The fraction of sp³-hybridized carbons (Fsp3) is 0.607. The minimum Gasteiger partial charge on any atom is -0.480 e. The number of pyridine rings is 2. The van der Waals surface area contributed by atoms with Crippen molar-refractivity contribution in [2.24, 2.45) is 0 Å². The zero-order chi connectivity index (χ0) is 23.5. The van der Waals surface area contributed by atoms with E-state index in [-0.39, 0.29) is 6.10 Å². The van der Waals surface area contributed by atoms with Crippen molar-refractivity contribution in [1.82, 2.24) is 14.9 Å². The summed E-state index contributed by atoms with van der Waals surface area (Å²) in [4.78, 5) is 23.9. The van der Waals surface area contributed by atoms with Gasteiger partial charge in [0, 0.05) is 54.5 Å². The quantitative estimate of drug-likeness (QED) is 0.511. The lowest BCUT2D eigenvalue weighted by molar-refractivity contribution is -0.143. The van der Waals surface area contributed by atoms with Gasteiger partial charge in [-0.15, -0.1) is 0 Å². The highest BCUT2D eigenvalue weighted by molar-refractivity contribution is 5.76. The molecule has 1 saturated heterocycles. The number of aryl methyl sites for hydroxylation is 4. The first-order valence-corrected chi connectivity index (χ1v) is 13.1. The van der Waals surface area contributed by atoms with Gasteiger partial charge in [-0.2, -0.15) is 0 Å². The van der Waals surface area contributed by atoms with E-state index in [2.05, 4.69) is 22.0 Å². The average molecular weight is 464 g/mol. The Morgan fingerprint density at radius 3 is 2.88 bits per heavy atom. The van der Waals surface area contributed by atoms with Crippen LogP contribution in [0.4, 0.5) is 0 Å². The first-order valence-electron chi connectivity index (χ1n) is 13.1. The molecule has 2 fully saturated rings. The van der Waals surface area contributed by atoms with E-state index >= 15 is 0 Å². The van der Waals surface area contributed by atoms with Gasteiger partial charge in [0.2, 0.25) is 0 Å². The largest absolute Gasteiger partial charge is 0.480 e. The number of aromatic nitrogens is 2. The smallest absolute Gasteiger partial charge is 0.325 e. The Kier molecular flexibility index (Phi) is 7.26. The average Bonchev–Trinajstić information content (AvgIpc) is 3.57. The summed E-state index contributed by atoms with van der Waals surface area (Å²) in [6.45, 7) is 4.13. The van der Waals surface area contributed by atoms with Gasteiger partial charge in [-0.1, -0.05) is 12.1 Å². The molecule has 0 spiro atoms. The molecule has 0 aromatic carbocycles. The zero-order valence-electron chi connectivity index (χ0n) is 20.3. The summed E-state index contributed by atoms with van der Waals surface area (Å²) in [5, 5.41) is 10.1. The van der Waals surface area contributed by atoms with E-state index in [1.54, 1.807) is 0 Å². The van der Waals surface area contributed by atoms with Crippen molar-refractivity contribution >= 4 is 5.97 Å².